The van der Waals surface area contributed by atoms with Crippen molar-refractivity contribution in [2.24, 2.45) is 4.99 Å². The van der Waals surface area contributed by atoms with Gasteiger partial charge in [0.1, 0.15) is 0 Å². The largest absolute Gasteiger partial charge is 0.416 e. The Hall–Kier alpha value is -2.50. The van der Waals surface area contributed by atoms with Crippen molar-refractivity contribution in [2.45, 2.75) is 19.3 Å². The first-order valence-corrected chi connectivity index (χ1v) is 9.56. The molecule has 0 radical (unpaired) electrons. The molecule has 0 aromatic heterocycles. The average molecular weight is 547 g/mol. The second-order valence-corrected chi connectivity index (χ2v) is 6.92. The number of halogens is 4. The first-order chi connectivity index (χ1) is 14.3. The molecule has 3 N–H and O–H groups in total. The summed E-state index contributed by atoms with van der Waals surface area (Å²) in [5, 5.41) is 8.97. The van der Waals surface area contributed by atoms with Gasteiger partial charge in [0.2, 0.25) is 5.91 Å². The second kappa shape index (κ2) is 11.2. The molecule has 1 heterocycles. The topological polar surface area (TPSA) is 68.8 Å². The van der Waals surface area contributed by atoms with Crippen molar-refractivity contribution < 1.29 is 18.0 Å². The molecule has 10 heteroatoms. The molecule has 1 fully saturated rings. The molecule has 31 heavy (non-hydrogen) atoms. The van der Waals surface area contributed by atoms with Crippen LogP contribution in [0.5, 0.6) is 0 Å². The highest BCUT2D eigenvalue weighted by Crippen LogP contribution is 2.29. The molecule has 0 atom stereocenters. The van der Waals surface area contributed by atoms with Gasteiger partial charge in [-0.2, -0.15) is 13.2 Å². The molecule has 0 saturated carbocycles. The third kappa shape index (κ3) is 7.30. The van der Waals surface area contributed by atoms with Gasteiger partial charge in [-0.1, -0.05) is 24.3 Å². The summed E-state index contributed by atoms with van der Waals surface area (Å²) in [5.74, 6) is 0.506. The fourth-order valence-electron chi connectivity index (χ4n) is 3.13. The van der Waals surface area contributed by atoms with E-state index >= 15 is 0 Å². The Morgan fingerprint density at radius 3 is 2.39 bits per heavy atom. The predicted molar refractivity (Wildman–Crippen MR) is 126 cm³/mol. The fourth-order valence-corrected chi connectivity index (χ4v) is 3.13. The van der Waals surface area contributed by atoms with Crippen LogP contribution in [0.25, 0.3) is 0 Å². The number of carbonyl (C=O) groups is 1. The van der Waals surface area contributed by atoms with Crippen LogP contribution in [-0.4, -0.2) is 38.5 Å². The minimum atomic E-state index is -4.36. The van der Waals surface area contributed by atoms with Gasteiger partial charge in [0.25, 0.3) is 0 Å². The van der Waals surface area contributed by atoms with Crippen LogP contribution in [0.4, 0.5) is 18.9 Å². The first-order valence-electron chi connectivity index (χ1n) is 9.56. The van der Waals surface area contributed by atoms with Gasteiger partial charge in [-0.25, -0.2) is 0 Å². The van der Waals surface area contributed by atoms with E-state index in [1.807, 2.05) is 29.2 Å². The number of rotatable bonds is 5. The van der Waals surface area contributed by atoms with E-state index in [-0.39, 0.29) is 36.4 Å². The molecule has 1 amide bonds. The van der Waals surface area contributed by atoms with Crippen molar-refractivity contribution in [1.82, 2.24) is 16.0 Å². The maximum absolute atomic E-state index is 12.8. The number of hydrogen-bond acceptors (Lipinski definition) is 3. The number of piperazine rings is 1. The summed E-state index contributed by atoms with van der Waals surface area (Å²) in [7, 11) is 1.60. The molecule has 2 aromatic carbocycles. The van der Waals surface area contributed by atoms with Gasteiger partial charge in [-0.05, 0) is 35.4 Å². The van der Waals surface area contributed by atoms with Crippen LogP contribution in [0.2, 0.25) is 0 Å². The summed E-state index contributed by atoms with van der Waals surface area (Å²) < 4.78 is 38.5. The third-order valence-corrected chi connectivity index (χ3v) is 4.74. The number of amides is 1. The number of hydrogen-bond donors (Lipinski definition) is 3. The van der Waals surface area contributed by atoms with Gasteiger partial charge in [-0.3, -0.25) is 9.79 Å². The Morgan fingerprint density at radius 2 is 1.77 bits per heavy atom. The Kier molecular flexibility index (Phi) is 8.96. The molecule has 0 unspecified atom stereocenters. The van der Waals surface area contributed by atoms with E-state index in [2.05, 4.69) is 20.9 Å². The lowest BCUT2D eigenvalue weighted by atomic mass is 10.1. The number of nitrogens with zero attached hydrogens (tertiary/aromatic N) is 2. The number of carbonyl (C=O) groups excluding carboxylic acids is 1. The summed E-state index contributed by atoms with van der Waals surface area (Å²) in [6.45, 7) is 2.48. The van der Waals surface area contributed by atoms with Gasteiger partial charge in [0.05, 0.1) is 12.1 Å². The van der Waals surface area contributed by atoms with E-state index in [1.165, 1.54) is 6.07 Å². The van der Waals surface area contributed by atoms with Crippen molar-refractivity contribution >= 4 is 41.5 Å². The lowest BCUT2D eigenvalue weighted by molar-refractivity contribution is -0.137. The molecule has 0 bridgehead atoms. The molecular weight excluding hydrogens is 522 g/mol. The Labute approximate surface area is 196 Å². The van der Waals surface area contributed by atoms with Crippen molar-refractivity contribution in [1.29, 1.82) is 0 Å². The monoisotopic (exact) mass is 547 g/mol. The first kappa shape index (κ1) is 24.8. The van der Waals surface area contributed by atoms with Gasteiger partial charge < -0.3 is 20.9 Å². The highest BCUT2D eigenvalue weighted by molar-refractivity contribution is 14.0. The maximum atomic E-state index is 12.8. The van der Waals surface area contributed by atoms with E-state index in [4.69, 9.17) is 0 Å². The molecule has 1 aliphatic rings. The summed E-state index contributed by atoms with van der Waals surface area (Å²) >= 11 is 0. The number of anilines is 1. The van der Waals surface area contributed by atoms with Crippen LogP contribution in [-0.2, 0) is 24.1 Å². The lowest BCUT2D eigenvalue weighted by Crippen LogP contribution is -2.47. The quantitative estimate of drug-likeness (QED) is 0.306. The number of guanidine groups is 1. The zero-order chi connectivity index (χ0) is 21.6. The summed E-state index contributed by atoms with van der Waals surface area (Å²) in [6.07, 6.45) is -4.36. The van der Waals surface area contributed by atoms with Gasteiger partial charge in [0, 0.05) is 38.9 Å². The SMILES string of the molecule is CN=C(NCc1ccc(N2CCNC(=O)C2)cc1)NCc1cccc(C(F)(F)F)c1.I. The highest BCUT2D eigenvalue weighted by Gasteiger charge is 2.30. The maximum Gasteiger partial charge on any atom is 0.416 e. The van der Waals surface area contributed by atoms with Crippen LogP contribution in [0, 0.1) is 0 Å². The predicted octanol–water partition coefficient (Wildman–Crippen LogP) is 3.12. The molecule has 6 nitrogen and oxygen atoms in total. The third-order valence-electron chi connectivity index (χ3n) is 4.74. The molecule has 2 aromatic rings. The van der Waals surface area contributed by atoms with Crippen molar-refractivity contribution in [3.63, 3.8) is 0 Å². The minimum Gasteiger partial charge on any atom is -0.360 e. The molecule has 0 aliphatic carbocycles. The summed E-state index contributed by atoms with van der Waals surface area (Å²) in [5.41, 5.74) is 1.85. The van der Waals surface area contributed by atoms with Gasteiger partial charge >= 0.3 is 6.18 Å². The van der Waals surface area contributed by atoms with Crippen molar-refractivity contribution in [3.05, 3.63) is 65.2 Å². The molecule has 1 aliphatic heterocycles. The van der Waals surface area contributed by atoms with E-state index in [9.17, 15) is 18.0 Å². The van der Waals surface area contributed by atoms with Crippen LogP contribution in [0.3, 0.4) is 0 Å². The highest BCUT2D eigenvalue weighted by atomic mass is 127. The molecule has 168 valence electrons. The van der Waals surface area contributed by atoms with E-state index < -0.39 is 11.7 Å². The summed E-state index contributed by atoms with van der Waals surface area (Å²) in [6, 6.07) is 13.1. The van der Waals surface area contributed by atoms with Gasteiger partial charge in [0.15, 0.2) is 5.96 Å². The fraction of sp³-hybridized carbons (Fsp3) is 0.333. The number of aliphatic imine (C=N–C) groups is 1. The van der Waals surface area contributed by atoms with Crippen molar-refractivity contribution in [2.75, 3.05) is 31.6 Å². The standard InChI is InChI=1S/C21H24F3N5O.HI/c1-25-20(28-13-16-3-2-4-17(11-16)21(22,23)24)27-12-15-5-7-18(8-6-15)29-10-9-26-19(30)14-29;/h2-8,11H,9-10,12-14H2,1H3,(H,26,30)(H2,25,27,28);1H. The lowest BCUT2D eigenvalue weighted by Gasteiger charge is -2.28. The number of benzene rings is 2. The Bertz CT molecular complexity index is 903. The van der Waals surface area contributed by atoms with Gasteiger partial charge in [-0.15, -0.1) is 24.0 Å². The van der Waals surface area contributed by atoms with Crippen LogP contribution >= 0.6 is 24.0 Å². The van der Waals surface area contributed by atoms with Crippen molar-refractivity contribution in [3.8, 4) is 0 Å². The molecule has 3 rings (SSSR count). The second-order valence-electron chi connectivity index (χ2n) is 6.92. The molecule has 1 saturated heterocycles. The van der Waals surface area contributed by atoms with E-state index in [0.717, 1.165) is 29.9 Å². The molecule has 0 spiro atoms. The zero-order valence-electron chi connectivity index (χ0n) is 17.0. The summed E-state index contributed by atoms with van der Waals surface area (Å²) in [4.78, 5) is 17.6. The molecular formula is C21H25F3IN5O. The number of alkyl halides is 3. The van der Waals surface area contributed by atoms with Crippen LogP contribution in [0.15, 0.2) is 53.5 Å². The Morgan fingerprint density at radius 1 is 1.10 bits per heavy atom. The number of nitrogens with one attached hydrogen (secondary N) is 3. The smallest absolute Gasteiger partial charge is 0.360 e. The zero-order valence-corrected chi connectivity index (χ0v) is 19.3. The van der Waals surface area contributed by atoms with Crippen LogP contribution in [0.1, 0.15) is 16.7 Å². The van der Waals surface area contributed by atoms with E-state index in [1.54, 1.807) is 13.1 Å². The Balaban J connectivity index is 0.00000341. The van der Waals surface area contributed by atoms with Crippen LogP contribution < -0.4 is 20.9 Å². The van der Waals surface area contributed by atoms with E-state index in [0.29, 0.717) is 31.2 Å². The minimum absolute atomic E-state index is 0. The average Bonchev–Trinajstić information content (AvgIpc) is 2.74. The normalized spacial score (nSPS) is 14.5.